The molecule has 72 valence electrons. The zero-order valence-electron chi connectivity index (χ0n) is 7.27. The lowest BCUT2D eigenvalue weighted by Gasteiger charge is -2.12. The summed E-state index contributed by atoms with van der Waals surface area (Å²) in [4.78, 5) is 0. The molecule has 0 aliphatic rings. The molecule has 0 amide bonds. The molecule has 6 heteroatoms. The second-order valence-electron chi connectivity index (χ2n) is 3.37. The highest BCUT2D eigenvalue weighted by Crippen LogP contribution is 2.59. The third-order valence-electron chi connectivity index (χ3n) is 1.07. The summed E-state index contributed by atoms with van der Waals surface area (Å²) in [5.74, 6) is -1.65. The quantitative estimate of drug-likeness (QED) is 0.398. The molecule has 0 saturated heterocycles. The van der Waals surface area contributed by atoms with Gasteiger partial charge in [0.05, 0.1) is 0 Å². The normalized spacial score (nSPS) is 15.0. The van der Waals surface area contributed by atoms with Gasteiger partial charge in [0.1, 0.15) is 0 Å². The Labute approximate surface area is 88.7 Å². The van der Waals surface area contributed by atoms with E-state index in [2.05, 4.69) is 0 Å². The van der Waals surface area contributed by atoms with Crippen molar-refractivity contribution >= 4 is 46.8 Å². The van der Waals surface area contributed by atoms with Crippen molar-refractivity contribution in [2.24, 2.45) is 0 Å². The maximum Gasteiger partial charge on any atom is 0.274 e. The van der Waals surface area contributed by atoms with Crippen LogP contribution >= 0.6 is 39.4 Å². The summed E-state index contributed by atoms with van der Waals surface area (Å²) in [5.41, 5.74) is 0.912. The van der Waals surface area contributed by atoms with Crippen molar-refractivity contribution in [3.05, 3.63) is 11.4 Å². The average molecular weight is 266 g/mol. The summed E-state index contributed by atoms with van der Waals surface area (Å²) in [6, 6.07) is 0.762. The fraction of sp³-hybridized carbons (Fsp3) is 0.667. The van der Waals surface area contributed by atoms with Gasteiger partial charge in [-0.25, -0.2) is 0 Å². The number of halogens is 3. The Morgan fingerprint density at radius 3 is 2.17 bits per heavy atom. The summed E-state index contributed by atoms with van der Waals surface area (Å²) in [5, 5.41) is 0. The van der Waals surface area contributed by atoms with E-state index in [1.54, 1.807) is 0 Å². The molecule has 0 bridgehead atoms. The Morgan fingerprint density at radius 1 is 1.50 bits per heavy atom. The van der Waals surface area contributed by atoms with Crippen LogP contribution in [0.15, 0.2) is 11.4 Å². The summed E-state index contributed by atoms with van der Waals surface area (Å²) in [6.07, 6.45) is 0. The summed E-state index contributed by atoms with van der Waals surface area (Å²) in [6.45, 7) is 5.87. The predicted octanol–water partition coefficient (Wildman–Crippen LogP) is 5.00. The zero-order chi connectivity index (χ0) is 9.99. The first-order valence-corrected chi connectivity index (χ1v) is 11.3. The second kappa shape index (κ2) is 4.52. The molecule has 0 aliphatic heterocycles. The third-order valence-corrected chi connectivity index (χ3v) is 4.20. The van der Waals surface area contributed by atoms with Gasteiger partial charge in [-0.1, -0.05) is 18.7 Å². The Balaban J connectivity index is 4.33. The molecule has 0 fully saturated rings. The molecule has 0 aromatic heterocycles. The molecule has 0 saturated carbocycles. The highest BCUT2D eigenvalue weighted by atomic mass is 35.9. The molecule has 1 nitrogen and oxygen atoms in total. The van der Waals surface area contributed by atoms with E-state index in [9.17, 15) is 4.57 Å². The topological polar surface area (TPSA) is 17.1 Å². The SMILES string of the molecule is C/C(=C\P(=O)(Cl)Cl)C[Si](C)(C)Cl. The Morgan fingerprint density at radius 2 is 1.92 bits per heavy atom. The summed E-state index contributed by atoms with van der Waals surface area (Å²) in [7, 11) is -1.65. The number of rotatable bonds is 3. The Bertz CT molecular complexity index is 227. The predicted molar refractivity (Wildman–Crippen MR) is 61.2 cm³/mol. The first-order valence-electron chi connectivity index (χ1n) is 3.46. The van der Waals surface area contributed by atoms with Gasteiger partial charge in [0.25, 0.3) is 5.85 Å². The lowest BCUT2D eigenvalue weighted by Crippen LogP contribution is -2.15. The van der Waals surface area contributed by atoms with Crippen molar-refractivity contribution < 1.29 is 4.57 Å². The second-order valence-corrected chi connectivity index (χ2v) is 15.0. The number of allylic oxidation sites excluding steroid dienone is 1. The maximum atomic E-state index is 10.9. The lowest BCUT2D eigenvalue weighted by atomic mass is 10.4. The van der Waals surface area contributed by atoms with Crippen LogP contribution < -0.4 is 0 Å². The molecule has 0 aromatic carbocycles. The van der Waals surface area contributed by atoms with Gasteiger partial charge in [-0.05, 0) is 35.4 Å². The molecule has 0 aliphatic carbocycles. The van der Waals surface area contributed by atoms with Gasteiger partial charge in [-0.3, -0.25) is 4.57 Å². The molecular formula is C6H12Cl3OPSi. The van der Waals surface area contributed by atoms with Crippen LogP contribution in [-0.2, 0) is 4.57 Å². The van der Waals surface area contributed by atoms with Crippen molar-refractivity contribution in [2.75, 3.05) is 0 Å². The maximum absolute atomic E-state index is 10.9. The lowest BCUT2D eigenvalue weighted by molar-refractivity contribution is 0.597. The zero-order valence-corrected chi connectivity index (χ0v) is 11.4. The minimum atomic E-state index is -3.06. The molecule has 0 atom stereocenters. The van der Waals surface area contributed by atoms with E-state index < -0.39 is 13.2 Å². The van der Waals surface area contributed by atoms with E-state index in [0.29, 0.717) is 0 Å². The van der Waals surface area contributed by atoms with Gasteiger partial charge in [-0.15, -0.1) is 0 Å². The average Bonchev–Trinajstić information content (AvgIpc) is 1.49. The molecule has 0 N–H and O–H groups in total. The van der Waals surface area contributed by atoms with E-state index in [1.165, 1.54) is 5.82 Å². The van der Waals surface area contributed by atoms with Gasteiger partial charge >= 0.3 is 0 Å². The Hall–Kier alpha value is 1.06. The van der Waals surface area contributed by atoms with E-state index >= 15 is 0 Å². The molecule has 12 heavy (non-hydrogen) atoms. The first-order chi connectivity index (χ1) is 5.10. The highest BCUT2D eigenvalue weighted by Gasteiger charge is 2.19. The van der Waals surface area contributed by atoms with E-state index in [1.807, 2.05) is 20.0 Å². The van der Waals surface area contributed by atoms with Crippen molar-refractivity contribution in [2.45, 2.75) is 26.1 Å². The van der Waals surface area contributed by atoms with Crippen molar-refractivity contribution in [3.63, 3.8) is 0 Å². The van der Waals surface area contributed by atoms with Crippen molar-refractivity contribution in [1.82, 2.24) is 0 Å². The Kier molecular flexibility index (Phi) is 4.92. The molecule has 0 heterocycles. The van der Waals surface area contributed by atoms with Gasteiger partial charge in [0, 0.05) is 5.82 Å². The van der Waals surface area contributed by atoms with Gasteiger partial charge in [0.2, 0.25) is 0 Å². The molecule has 0 unspecified atom stereocenters. The highest BCUT2D eigenvalue weighted by molar-refractivity contribution is 8.10. The van der Waals surface area contributed by atoms with Crippen LogP contribution in [0.1, 0.15) is 6.92 Å². The summed E-state index contributed by atoms with van der Waals surface area (Å²) >= 11 is 16.8. The minimum Gasteiger partial charge on any atom is -0.285 e. The fourth-order valence-electron chi connectivity index (χ4n) is 0.965. The van der Waals surface area contributed by atoms with E-state index in [-0.39, 0.29) is 0 Å². The van der Waals surface area contributed by atoms with Crippen LogP contribution in [0, 0.1) is 0 Å². The molecule has 0 radical (unpaired) electrons. The van der Waals surface area contributed by atoms with E-state index in [0.717, 1.165) is 11.6 Å². The van der Waals surface area contributed by atoms with Crippen LogP contribution in [0.3, 0.4) is 0 Å². The minimum absolute atomic E-state index is 0.762. The third kappa shape index (κ3) is 9.15. The summed E-state index contributed by atoms with van der Waals surface area (Å²) < 4.78 is 10.9. The molecule has 0 spiro atoms. The van der Waals surface area contributed by atoms with Crippen LogP contribution in [0.4, 0.5) is 0 Å². The van der Waals surface area contributed by atoms with Crippen molar-refractivity contribution in [1.29, 1.82) is 0 Å². The smallest absolute Gasteiger partial charge is 0.274 e. The molecular weight excluding hydrogens is 253 g/mol. The van der Waals surface area contributed by atoms with Crippen LogP contribution in [-0.4, -0.2) is 7.38 Å². The number of hydrogen-bond donors (Lipinski definition) is 0. The van der Waals surface area contributed by atoms with Gasteiger partial charge in [0.15, 0.2) is 7.38 Å². The number of hydrogen-bond acceptors (Lipinski definition) is 1. The fourth-order valence-corrected chi connectivity index (χ4v) is 4.80. The van der Waals surface area contributed by atoms with Gasteiger partial charge in [-0.2, -0.15) is 11.1 Å². The van der Waals surface area contributed by atoms with Crippen LogP contribution in [0.25, 0.3) is 0 Å². The van der Waals surface area contributed by atoms with Crippen molar-refractivity contribution in [3.8, 4) is 0 Å². The molecule has 0 rings (SSSR count). The standard InChI is InChI=1S/C6H12Cl3OPSi/c1-6(4-11(7,8)10)5-12(2,3)9/h4H,5H2,1-3H3/b6-4+. The largest absolute Gasteiger partial charge is 0.285 e. The van der Waals surface area contributed by atoms with E-state index in [4.69, 9.17) is 33.6 Å². The molecule has 0 aromatic rings. The monoisotopic (exact) mass is 264 g/mol. The van der Waals surface area contributed by atoms with Crippen LogP contribution in [0.2, 0.25) is 19.1 Å². The van der Waals surface area contributed by atoms with Gasteiger partial charge < -0.3 is 0 Å². The first kappa shape index (κ1) is 13.1. The van der Waals surface area contributed by atoms with Crippen LogP contribution in [0.5, 0.6) is 0 Å².